The second kappa shape index (κ2) is 5.24. The maximum atomic E-state index is 11.3. The summed E-state index contributed by atoms with van der Waals surface area (Å²) in [5.74, 6) is 6.64. The Bertz CT molecular complexity index is 669. The van der Waals surface area contributed by atoms with Crippen LogP contribution < -0.4 is 22.6 Å². The minimum absolute atomic E-state index is 0.159. The Hall–Kier alpha value is -2.13. The van der Waals surface area contributed by atoms with E-state index >= 15 is 0 Å². The third-order valence-electron chi connectivity index (χ3n) is 2.28. The third-order valence-corrected chi connectivity index (χ3v) is 3.26. The molecule has 19 heavy (non-hydrogen) atoms. The van der Waals surface area contributed by atoms with Crippen molar-refractivity contribution >= 4 is 23.4 Å². The van der Waals surface area contributed by atoms with Crippen molar-refractivity contribution < 1.29 is 0 Å². The molecule has 0 unspecified atom stereocenters. The number of nitrogen functional groups attached to an aromatic ring is 2. The molecule has 0 radical (unpaired) electrons. The quantitative estimate of drug-likeness (QED) is 0.271. The van der Waals surface area contributed by atoms with Crippen molar-refractivity contribution in [1.29, 1.82) is 0 Å². The van der Waals surface area contributed by atoms with E-state index in [-0.39, 0.29) is 11.4 Å². The highest BCUT2D eigenvalue weighted by Gasteiger charge is 2.11. The lowest BCUT2D eigenvalue weighted by atomic mass is 10.3. The molecule has 0 saturated heterocycles. The Kier molecular flexibility index (Phi) is 3.67. The monoisotopic (exact) mass is 279 g/mol. The highest BCUT2D eigenvalue weighted by Crippen LogP contribution is 2.28. The summed E-state index contributed by atoms with van der Waals surface area (Å²) in [5.41, 5.74) is 8.49. The number of hydrazine groups is 1. The van der Waals surface area contributed by atoms with Gasteiger partial charge in [-0.1, -0.05) is 0 Å². The standard InChI is InChI=1S/C10H13N7OS/c1-4-8(17-12)13-5(2)14-9(4)19-10-15-6(11)3-7(18)16-10/h3H,12H2,1-2H3,(H,13,14,17)(H3,11,15,16,18). The molecule has 0 aliphatic heterocycles. The summed E-state index contributed by atoms with van der Waals surface area (Å²) in [6, 6.07) is 1.22. The van der Waals surface area contributed by atoms with E-state index < -0.39 is 0 Å². The molecule has 0 saturated carbocycles. The molecule has 2 heterocycles. The molecule has 2 aromatic rings. The Morgan fingerprint density at radius 2 is 2.05 bits per heavy atom. The summed E-state index contributed by atoms with van der Waals surface area (Å²) in [6.07, 6.45) is 0. The Morgan fingerprint density at radius 1 is 1.32 bits per heavy atom. The van der Waals surface area contributed by atoms with Crippen LogP contribution >= 0.6 is 11.8 Å². The fourth-order valence-corrected chi connectivity index (χ4v) is 2.35. The zero-order chi connectivity index (χ0) is 14.0. The van der Waals surface area contributed by atoms with Crippen molar-refractivity contribution in [3.63, 3.8) is 0 Å². The molecule has 6 N–H and O–H groups in total. The smallest absolute Gasteiger partial charge is 0.253 e. The fraction of sp³-hybridized carbons (Fsp3) is 0.200. The zero-order valence-corrected chi connectivity index (χ0v) is 11.2. The third kappa shape index (κ3) is 3.01. The molecular weight excluding hydrogens is 266 g/mol. The van der Waals surface area contributed by atoms with Crippen LogP contribution in [0, 0.1) is 13.8 Å². The SMILES string of the molecule is Cc1nc(NN)c(C)c(Sc2nc(N)cc(=O)[nH]2)n1. The van der Waals surface area contributed by atoms with E-state index in [0.717, 1.165) is 5.56 Å². The number of anilines is 2. The molecule has 8 nitrogen and oxygen atoms in total. The van der Waals surface area contributed by atoms with Crippen molar-refractivity contribution in [2.75, 3.05) is 11.2 Å². The molecule has 0 bridgehead atoms. The molecular formula is C10H13N7OS. The Balaban J connectivity index is 2.43. The average molecular weight is 279 g/mol. The lowest BCUT2D eigenvalue weighted by molar-refractivity contribution is 0.911. The lowest BCUT2D eigenvalue weighted by Gasteiger charge is -2.09. The van der Waals surface area contributed by atoms with Gasteiger partial charge < -0.3 is 16.1 Å². The molecule has 0 fully saturated rings. The van der Waals surface area contributed by atoms with Gasteiger partial charge in [-0.15, -0.1) is 0 Å². The van der Waals surface area contributed by atoms with E-state index in [9.17, 15) is 4.79 Å². The minimum atomic E-state index is -0.310. The number of nitrogens with two attached hydrogens (primary N) is 2. The van der Waals surface area contributed by atoms with Crippen LogP contribution in [0.2, 0.25) is 0 Å². The molecule has 2 aromatic heterocycles. The van der Waals surface area contributed by atoms with Crippen LogP contribution in [0.4, 0.5) is 11.6 Å². The van der Waals surface area contributed by atoms with E-state index in [2.05, 4.69) is 25.4 Å². The number of aryl methyl sites for hydroxylation is 1. The highest BCUT2D eigenvalue weighted by atomic mass is 32.2. The van der Waals surface area contributed by atoms with E-state index in [4.69, 9.17) is 11.6 Å². The average Bonchev–Trinajstić information content (AvgIpc) is 2.32. The summed E-state index contributed by atoms with van der Waals surface area (Å²) >= 11 is 1.19. The van der Waals surface area contributed by atoms with Gasteiger partial charge in [0.2, 0.25) is 0 Å². The maximum absolute atomic E-state index is 11.3. The molecule has 0 amide bonds. The Labute approximate surface area is 113 Å². The van der Waals surface area contributed by atoms with Crippen molar-refractivity contribution in [1.82, 2.24) is 19.9 Å². The first-order valence-corrected chi connectivity index (χ1v) is 6.18. The molecule has 0 atom stereocenters. The normalized spacial score (nSPS) is 10.5. The van der Waals surface area contributed by atoms with Gasteiger partial charge in [-0.05, 0) is 25.6 Å². The van der Waals surface area contributed by atoms with E-state index in [1.165, 1.54) is 17.8 Å². The van der Waals surface area contributed by atoms with Gasteiger partial charge in [-0.25, -0.2) is 20.8 Å². The van der Waals surface area contributed by atoms with E-state index in [1.54, 1.807) is 6.92 Å². The van der Waals surface area contributed by atoms with Crippen LogP contribution in [0.1, 0.15) is 11.4 Å². The van der Waals surface area contributed by atoms with Crippen molar-refractivity contribution in [3.05, 3.63) is 27.8 Å². The van der Waals surface area contributed by atoms with Gasteiger partial charge in [-0.2, -0.15) is 0 Å². The summed E-state index contributed by atoms with van der Waals surface area (Å²) in [6.45, 7) is 3.57. The van der Waals surface area contributed by atoms with Gasteiger partial charge in [0.25, 0.3) is 5.56 Å². The fourth-order valence-electron chi connectivity index (χ4n) is 1.44. The highest BCUT2D eigenvalue weighted by molar-refractivity contribution is 7.99. The lowest BCUT2D eigenvalue weighted by Crippen LogP contribution is -2.13. The molecule has 0 spiro atoms. The van der Waals surface area contributed by atoms with Gasteiger partial charge in [-0.3, -0.25) is 4.79 Å². The van der Waals surface area contributed by atoms with Gasteiger partial charge >= 0.3 is 0 Å². The first kappa shape index (κ1) is 13.3. The molecule has 2 rings (SSSR count). The number of rotatable bonds is 3. The summed E-state index contributed by atoms with van der Waals surface area (Å²) in [5, 5.41) is 1.02. The van der Waals surface area contributed by atoms with Crippen LogP contribution in [-0.4, -0.2) is 19.9 Å². The first-order valence-electron chi connectivity index (χ1n) is 5.36. The molecule has 100 valence electrons. The molecule has 0 aliphatic carbocycles. The summed E-state index contributed by atoms with van der Waals surface area (Å²) in [7, 11) is 0. The number of nitrogens with zero attached hydrogens (tertiary/aromatic N) is 3. The Morgan fingerprint density at radius 3 is 2.68 bits per heavy atom. The van der Waals surface area contributed by atoms with Crippen molar-refractivity contribution in [3.8, 4) is 0 Å². The largest absolute Gasteiger partial charge is 0.383 e. The number of aromatic amines is 1. The second-order valence-corrected chi connectivity index (χ2v) is 4.75. The van der Waals surface area contributed by atoms with Crippen LogP contribution in [-0.2, 0) is 0 Å². The van der Waals surface area contributed by atoms with Crippen LogP contribution in [0.25, 0.3) is 0 Å². The number of H-pyrrole nitrogens is 1. The number of aromatic nitrogens is 4. The van der Waals surface area contributed by atoms with Gasteiger partial charge in [0.05, 0.1) is 0 Å². The predicted molar refractivity (Wildman–Crippen MR) is 72.7 cm³/mol. The summed E-state index contributed by atoms with van der Waals surface area (Å²) in [4.78, 5) is 26.4. The maximum Gasteiger partial charge on any atom is 0.253 e. The zero-order valence-electron chi connectivity index (χ0n) is 10.4. The molecule has 0 aromatic carbocycles. The van der Waals surface area contributed by atoms with Crippen molar-refractivity contribution in [2.24, 2.45) is 5.84 Å². The van der Waals surface area contributed by atoms with Gasteiger partial charge in [0.1, 0.15) is 22.5 Å². The first-order chi connectivity index (χ1) is 8.99. The number of nitrogens with one attached hydrogen (secondary N) is 2. The molecule has 9 heteroatoms. The van der Waals surface area contributed by atoms with Crippen LogP contribution in [0.5, 0.6) is 0 Å². The number of hydrogen-bond donors (Lipinski definition) is 4. The summed E-state index contributed by atoms with van der Waals surface area (Å²) < 4.78 is 0. The van der Waals surface area contributed by atoms with Crippen LogP contribution in [0.15, 0.2) is 21.0 Å². The van der Waals surface area contributed by atoms with Crippen LogP contribution in [0.3, 0.4) is 0 Å². The number of hydrogen-bond acceptors (Lipinski definition) is 8. The molecule has 0 aliphatic rings. The minimum Gasteiger partial charge on any atom is -0.383 e. The second-order valence-electron chi connectivity index (χ2n) is 3.77. The predicted octanol–water partition coefficient (Wildman–Crippen LogP) is 0.196. The topological polar surface area (TPSA) is 136 Å². The van der Waals surface area contributed by atoms with Crippen molar-refractivity contribution in [2.45, 2.75) is 24.0 Å². The van der Waals surface area contributed by atoms with E-state index in [1.807, 2.05) is 6.92 Å². The van der Waals surface area contributed by atoms with Gasteiger partial charge in [0.15, 0.2) is 5.16 Å². The van der Waals surface area contributed by atoms with Gasteiger partial charge in [0, 0.05) is 11.6 Å². The van der Waals surface area contributed by atoms with E-state index in [0.29, 0.717) is 21.8 Å².